The minimum Gasteiger partial charge on any atom is -0.497 e. The lowest BCUT2D eigenvalue weighted by atomic mass is 9.94. The molecule has 0 saturated heterocycles. The van der Waals surface area contributed by atoms with Crippen LogP contribution in [0.25, 0.3) is 0 Å². The van der Waals surface area contributed by atoms with E-state index >= 15 is 0 Å². The fourth-order valence-electron chi connectivity index (χ4n) is 4.62. The molecule has 2 aliphatic rings. The van der Waals surface area contributed by atoms with Crippen LogP contribution in [0.3, 0.4) is 0 Å². The van der Waals surface area contributed by atoms with Gasteiger partial charge in [0.2, 0.25) is 0 Å². The molecule has 9 heteroatoms. The van der Waals surface area contributed by atoms with Crippen molar-refractivity contribution < 1.29 is 22.7 Å². The third-order valence-corrected chi connectivity index (χ3v) is 6.41. The topological polar surface area (TPSA) is 59.4 Å². The van der Waals surface area contributed by atoms with E-state index in [1.807, 2.05) is 0 Å². The number of alkyl halides is 3. The number of carbonyl (C=O) groups is 1. The molecule has 1 aliphatic heterocycles. The second-order valence-electron chi connectivity index (χ2n) is 8.33. The minimum atomic E-state index is -4.49. The Kier molecular flexibility index (Phi) is 5.85. The molecule has 2 atom stereocenters. The van der Waals surface area contributed by atoms with E-state index in [0.29, 0.717) is 11.3 Å². The number of methoxy groups -OCH3 is 1. The predicted octanol–water partition coefficient (Wildman–Crippen LogP) is 4.96. The monoisotopic (exact) mass is 436 g/mol. The molecular weight excluding hydrogens is 409 g/mol. The van der Waals surface area contributed by atoms with Crippen molar-refractivity contribution >= 4 is 11.7 Å². The van der Waals surface area contributed by atoms with Gasteiger partial charge in [0.15, 0.2) is 6.04 Å². The molecule has 31 heavy (non-hydrogen) atoms. The van der Waals surface area contributed by atoms with Gasteiger partial charge < -0.3 is 15.0 Å². The van der Waals surface area contributed by atoms with E-state index in [1.54, 1.807) is 36.2 Å². The zero-order chi connectivity index (χ0) is 22.2. The summed E-state index contributed by atoms with van der Waals surface area (Å²) in [5, 5.41) is 7.13. The number of amides is 1. The van der Waals surface area contributed by atoms with Crippen LogP contribution in [0.4, 0.5) is 19.0 Å². The van der Waals surface area contributed by atoms with Gasteiger partial charge in [-0.1, -0.05) is 31.4 Å². The normalized spacial score (nSPS) is 21.8. The maximum atomic E-state index is 13.9. The first-order valence-corrected chi connectivity index (χ1v) is 10.6. The third-order valence-electron chi connectivity index (χ3n) is 6.41. The van der Waals surface area contributed by atoms with Crippen molar-refractivity contribution in [2.75, 3.05) is 19.5 Å². The zero-order valence-electron chi connectivity index (χ0n) is 17.7. The summed E-state index contributed by atoms with van der Waals surface area (Å²) in [5.41, 5.74) is 0.843. The van der Waals surface area contributed by atoms with E-state index in [9.17, 15) is 18.0 Å². The number of anilines is 1. The average Bonchev–Trinajstić information content (AvgIpc) is 3.21. The quantitative estimate of drug-likeness (QED) is 0.736. The summed E-state index contributed by atoms with van der Waals surface area (Å²) in [6, 6.07) is 4.62. The van der Waals surface area contributed by atoms with Crippen LogP contribution in [0.5, 0.6) is 5.75 Å². The smallest absolute Gasteiger partial charge is 0.410 e. The summed E-state index contributed by atoms with van der Waals surface area (Å²) in [4.78, 5) is 14.9. The van der Waals surface area contributed by atoms with Gasteiger partial charge in [-0.15, -0.1) is 0 Å². The Morgan fingerprint density at radius 2 is 2.00 bits per heavy atom. The summed E-state index contributed by atoms with van der Waals surface area (Å²) >= 11 is 0. The number of hydrogen-bond donors (Lipinski definition) is 1. The van der Waals surface area contributed by atoms with E-state index < -0.39 is 18.3 Å². The lowest BCUT2D eigenvalue weighted by molar-refractivity contribution is -0.173. The highest BCUT2D eigenvalue weighted by Crippen LogP contribution is 2.45. The van der Waals surface area contributed by atoms with Crippen molar-refractivity contribution in [1.29, 1.82) is 0 Å². The fourth-order valence-corrected chi connectivity index (χ4v) is 4.62. The minimum absolute atomic E-state index is 0.105. The van der Waals surface area contributed by atoms with Gasteiger partial charge in [-0.2, -0.15) is 18.3 Å². The molecule has 0 unspecified atom stereocenters. The molecule has 1 amide bonds. The molecule has 2 heterocycles. The van der Waals surface area contributed by atoms with Crippen LogP contribution in [0.2, 0.25) is 0 Å². The van der Waals surface area contributed by atoms with Gasteiger partial charge in [-0.05, 0) is 30.5 Å². The van der Waals surface area contributed by atoms with Gasteiger partial charge in [0.05, 0.1) is 19.3 Å². The highest BCUT2D eigenvalue weighted by atomic mass is 19.4. The van der Waals surface area contributed by atoms with Gasteiger partial charge in [0.25, 0.3) is 5.91 Å². The van der Waals surface area contributed by atoms with Gasteiger partial charge in [-0.3, -0.25) is 4.79 Å². The van der Waals surface area contributed by atoms with E-state index in [1.165, 1.54) is 13.3 Å². The van der Waals surface area contributed by atoms with Crippen LogP contribution in [0.1, 0.15) is 66.5 Å². The average molecular weight is 436 g/mol. The summed E-state index contributed by atoms with van der Waals surface area (Å²) in [6.07, 6.45) is 1.64. The molecule has 1 fully saturated rings. The number of halogens is 3. The fraction of sp³-hybridized carbons (Fsp3) is 0.545. The van der Waals surface area contributed by atoms with Crippen LogP contribution >= 0.6 is 0 Å². The number of fused-ring (bicyclic) bond motifs is 1. The second kappa shape index (κ2) is 8.43. The van der Waals surface area contributed by atoms with E-state index in [0.717, 1.165) is 36.8 Å². The molecule has 2 aromatic rings. The van der Waals surface area contributed by atoms with Gasteiger partial charge >= 0.3 is 6.18 Å². The standard InChI is InChI=1S/C22H27F3N4O2/c1-28(15-8-4-3-5-9-15)21(30)17-13-26-29-19(22(23,24)25)12-18(27-20(17)29)14-7-6-10-16(11-14)31-2/h6-7,10-11,13,15,18-19,27H,3-5,8-9,12H2,1-2H3/t18-,19-/m0/s1. The zero-order valence-corrected chi connectivity index (χ0v) is 17.7. The number of benzene rings is 1. The van der Waals surface area contributed by atoms with Crippen molar-refractivity contribution in [3.8, 4) is 5.75 Å². The highest BCUT2D eigenvalue weighted by Gasteiger charge is 2.47. The molecule has 0 radical (unpaired) electrons. The Morgan fingerprint density at radius 3 is 2.68 bits per heavy atom. The van der Waals surface area contributed by atoms with Crippen LogP contribution in [0.15, 0.2) is 30.5 Å². The number of aromatic nitrogens is 2. The van der Waals surface area contributed by atoms with Crippen molar-refractivity contribution in [1.82, 2.24) is 14.7 Å². The summed E-state index contributed by atoms with van der Waals surface area (Å²) in [7, 11) is 3.24. The predicted molar refractivity (Wildman–Crippen MR) is 110 cm³/mol. The van der Waals surface area contributed by atoms with E-state index in [2.05, 4.69) is 10.4 Å². The molecule has 1 N–H and O–H groups in total. The van der Waals surface area contributed by atoms with Crippen molar-refractivity contribution in [2.45, 2.75) is 62.8 Å². The number of carbonyl (C=O) groups excluding carboxylic acids is 1. The lowest BCUT2D eigenvalue weighted by Gasteiger charge is -2.35. The van der Waals surface area contributed by atoms with Gasteiger partial charge in [0.1, 0.15) is 17.1 Å². The first-order chi connectivity index (χ1) is 14.8. The van der Waals surface area contributed by atoms with Gasteiger partial charge in [-0.25, -0.2) is 4.68 Å². The molecule has 168 valence electrons. The summed E-state index contributed by atoms with van der Waals surface area (Å²) in [6.45, 7) is 0. The maximum absolute atomic E-state index is 13.9. The number of hydrogen-bond acceptors (Lipinski definition) is 4. The summed E-state index contributed by atoms with van der Waals surface area (Å²) in [5.74, 6) is 0.386. The first-order valence-electron chi connectivity index (χ1n) is 10.6. The number of ether oxygens (including phenoxy) is 1. The second-order valence-corrected chi connectivity index (χ2v) is 8.33. The molecule has 0 bridgehead atoms. The van der Waals surface area contributed by atoms with Crippen molar-refractivity contribution in [3.63, 3.8) is 0 Å². The Hall–Kier alpha value is -2.71. The van der Waals surface area contributed by atoms with Crippen molar-refractivity contribution in [2.24, 2.45) is 0 Å². The van der Waals surface area contributed by atoms with Crippen LogP contribution in [-0.2, 0) is 0 Å². The van der Waals surface area contributed by atoms with Crippen LogP contribution < -0.4 is 10.1 Å². The lowest BCUT2D eigenvalue weighted by Crippen LogP contribution is -2.39. The Bertz CT molecular complexity index is 937. The Labute approximate surface area is 179 Å². The number of nitrogens with zero attached hydrogens (tertiary/aromatic N) is 3. The molecule has 1 aromatic carbocycles. The van der Waals surface area contributed by atoms with Gasteiger partial charge in [0, 0.05) is 19.5 Å². The van der Waals surface area contributed by atoms with Crippen molar-refractivity contribution in [3.05, 3.63) is 41.6 Å². The van der Waals surface area contributed by atoms with E-state index in [4.69, 9.17) is 4.74 Å². The largest absolute Gasteiger partial charge is 0.497 e. The molecular formula is C22H27F3N4O2. The molecule has 0 spiro atoms. The molecule has 4 rings (SSSR count). The number of nitrogens with one attached hydrogen (secondary N) is 1. The molecule has 6 nitrogen and oxygen atoms in total. The highest BCUT2D eigenvalue weighted by molar-refractivity contribution is 5.99. The Balaban J connectivity index is 1.68. The molecule has 1 saturated carbocycles. The van der Waals surface area contributed by atoms with Crippen LogP contribution in [-0.4, -0.2) is 47.0 Å². The molecule has 1 aromatic heterocycles. The maximum Gasteiger partial charge on any atom is 0.410 e. The summed E-state index contributed by atoms with van der Waals surface area (Å²) < 4.78 is 47.9. The van der Waals surface area contributed by atoms with E-state index in [-0.39, 0.29) is 29.8 Å². The third kappa shape index (κ3) is 4.22. The SMILES string of the molecule is COc1cccc([C@@H]2C[C@@H](C(F)(F)F)n3ncc(C(=O)N(C)C4CCCCC4)c3N2)c1. The van der Waals surface area contributed by atoms with Crippen LogP contribution in [0, 0.1) is 0 Å². The first kappa shape index (κ1) is 21.5. The number of rotatable bonds is 4. The Morgan fingerprint density at radius 1 is 1.26 bits per heavy atom. The molecule has 1 aliphatic carbocycles.